The van der Waals surface area contributed by atoms with E-state index < -0.39 is 0 Å². The van der Waals surface area contributed by atoms with Crippen LogP contribution in [-0.4, -0.2) is 60.0 Å². The Balaban J connectivity index is 1.11. The van der Waals surface area contributed by atoms with Crippen molar-refractivity contribution in [2.75, 3.05) is 44.2 Å². The number of carbonyl (C=O) groups excluding carboxylic acids is 1. The van der Waals surface area contributed by atoms with Crippen molar-refractivity contribution in [3.05, 3.63) is 57.0 Å². The number of H-pyrrole nitrogens is 1. The van der Waals surface area contributed by atoms with Crippen LogP contribution in [0, 0.1) is 13.8 Å². The standard InChI is InChI=1S/C25H33N5O2S/c1-18-19(2)33-25-23(18)24(32)27-21(28-25)10-11-22(31)26-12-6-7-13-29-14-16-30(17-15-29)20-8-4-3-5-9-20/h3-5,8-9H,6-7,10-17H2,1-2H3,(H,26,31)(H,27,28,32). The second-order valence-electron chi connectivity index (χ2n) is 8.70. The molecule has 0 aliphatic carbocycles. The summed E-state index contributed by atoms with van der Waals surface area (Å²) in [5.41, 5.74) is 2.19. The van der Waals surface area contributed by atoms with E-state index in [4.69, 9.17) is 0 Å². The minimum absolute atomic E-state index is 0.00719. The summed E-state index contributed by atoms with van der Waals surface area (Å²) in [6.07, 6.45) is 2.83. The third-order valence-corrected chi connectivity index (χ3v) is 7.50. The van der Waals surface area contributed by atoms with Crippen LogP contribution in [0.15, 0.2) is 35.1 Å². The van der Waals surface area contributed by atoms with Gasteiger partial charge >= 0.3 is 0 Å². The molecule has 0 saturated carbocycles. The number of anilines is 1. The summed E-state index contributed by atoms with van der Waals surface area (Å²) in [5, 5.41) is 3.67. The van der Waals surface area contributed by atoms with Gasteiger partial charge < -0.3 is 15.2 Å². The maximum atomic E-state index is 12.3. The van der Waals surface area contributed by atoms with Crippen LogP contribution in [0.1, 0.15) is 35.5 Å². The number of hydrogen-bond donors (Lipinski definition) is 2. The molecule has 0 unspecified atom stereocenters. The number of amides is 1. The Labute approximate surface area is 198 Å². The lowest BCUT2D eigenvalue weighted by Crippen LogP contribution is -2.46. The molecule has 33 heavy (non-hydrogen) atoms. The van der Waals surface area contributed by atoms with Crippen LogP contribution in [0.5, 0.6) is 0 Å². The largest absolute Gasteiger partial charge is 0.369 e. The Morgan fingerprint density at radius 3 is 2.64 bits per heavy atom. The quantitative estimate of drug-likeness (QED) is 0.472. The number of para-hydroxylation sites is 1. The molecule has 7 nitrogen and oxygen atoms in total. The summed E-state index contributed by atoms with van der Waals surface area (Å²) in [6.45, 7) is 10.0. The lowest BCUT2D eigenvalue weighted by atomic mass is 10.2. The lowest BCUT2D eigenvalue weighted by Gasteiger charge is -2.36. The highest BCUT2D eigenvalue weighted by Crippen LogP contribution is 2.25. The number of unbranched alkanes of at least 4 members (excludes halogenated alkanes) is 1. The van der Waals surface area contributed by atoms with Crippen LogP contribution in [-0.2, 0) is 11.2 Å². The first-order valence-corrected chi connectivity index (χ1v) is 12.6. The fourth-order valence-electron chi connectivity index (χ4n) is 4.29. The third kappa shape index (κ3) is 6.00. The predicted octanol–water partition coefficient (Wildman–Crippen LogP) is 3.25. The van der Waals surface area contributed by atoms with Gasteiger partial charge in [0.25, 0.3) is 5.56 Å². The van der Waals surface area contributed by atoms with Crippen LogP contribution >= 0.6 is 11.3 Å². The van der Waals surface area contributed by atoms with Crippen molar-refractivity contribution in [1.29, 1.82) is 0 Å². The average Bonchev–Trinajstić information content (AvgIpc) is 3.12. The molecule has 1 aromatic carbocycles. The van der Waals surface area contributed by atoms with Gasteiger partial charge in [-0.25, -0.2) is 4.98 Å². The fourth-order valence-corrected chi connectivity index (χ4v) is 5.34. The van der Waals surface area contributed by atoms with Crippen molar-refractivity contribution in [3.8, 4) is 0 Å². The molecule has 1 aliphatic heterocycles. The number of benzene rings is 1. The highest BCUT2D eigenvalue weighted by molar-refractivity contribution is 7.18. The number of aromatic amines is 1. The molecule has 1 fully saturated rings. The number of aryl methyl sites for hydroxylation is 3. The van der Waals surface area contributed by atoms with Gasteiger partial charge in [0.15, 0.2) is 0 Å². The number of carbonyl (C=O) groups is 1. The average molecular weight is 468 g/mol. The molecule has 1 amide bonds. The van der Waals surface area contributed by atoms with Crippen molar-refractivity contribution in [3.63, 3.8) is 0 Å². The van der Waals surface area contributed by atoms with Crippen LogP contribution < -0.4 is 15.8 Å². The SMILES string of the molecule is Cc1sc2nc(CCC(=O)NCCCCN3CCN(c4ccccc4)CC3)[nH]c(=O)c2c1C. The first-order valence-electron chi connectivity index (χ1n) is 11.8. The monoisotopic (exact) mass is 467 g/mol. The first-order chi connectivity index (χ1) is 16.0. The summed E-state index contributed by atoms with van der Waals surface area (Å²) in [6, 6.07) is 10.6. The number of hydrogen-bond acceptors (Lipinski definition) is 6. The summed E-state index contributed by atoms with van der Waals surface area (Å²) in [4.78, 5) is 38.8. The molecule has 4 rings (SSSR count). The number of nitrogens with one attached hydrogen (secondary N) is 2. The zero-order chi connectivity index (χ0) is 23.2. The zero-order valence-electron chi connectivity index (χ0n) is 19.5. The summed E-state index contributed by atoms with van der Waals surface area (Å²) >= 11 is 1.53. The van der Waals surface area contributed by atoms with E-state index in [9.17, 15) is 9.59 Å². The van der Waals surface area contributed by atoms with Gasteiger partial charge in [-0.1, -0.05) is 18.2 Å². The Morgan fingerprint density at radius 1 is 1.12 bits per heavy atom. The number of rotatable bonds is 9. The normalized spacial score (nSPS) is 14.7. The van der Waals surface area contributed by atoms with E-state index in [1.54, 1.807) is 0 Å². The molecule has 176 valence electrons. The maximum Gasteiger partial charge on any atom is 0.259 e. The van der Waals surface area contributed by atoms with Gasteiger partial charge in [0, 0.05) is 56.1 Å². The van der Waals surface area contributed by atoms with Gasteiger partial charge in [0.2, 0.25) is 5.91 Å². The van der Waals surface area contributed by atoms with Gasteiger partial charge in [0.05, 0.1) is 5.39 Å². The van der Waals surface area contributed by atoms with Gasteiger partial charge in [-0.3, -0.25) is 14.5 Å². The minimum Gasteiger partial charge on any atom is -0.369 e. The Bertz CT molecular complexity index is 1130. The molecule has 8 heteroatoms. The van der Waals surface area contributed by atoms with Crippen molar-refractivity contribution in [1.82, 2.24) is 20.2 Å². The molecule has 0 radical (unpaired) electrons. The molecule has 0 bridgehead atoms. The Hall–Kier alpha value is -2.71. The van der Waals surface area contributed by atoms with Crippen LogP contribution in [0.25, 0.3) is 10.2 Å². The highest BCUT2D eigenvalue weighted by atomic mass is 32.1. The van der Waals surface area contributed by atoms with Gasteiger partial charge in [-0.2, -0.15) is 0 Å². The van der Waals surface area contributed by atoms with E-state index in [1.165, 1.54) is 17.0 Å². The number of piperazine rings is 1. The Morgan fingerprint density at radius 2 is 1.88 bits per heavy atom. The van der Waals surface area contributed by atoms with Crippen molar-refractivity contribution < 1.29 is 4.79 Å². The smallest absolute Gasteiger partial charge is 0.259 e. The minimum atomic E-state index is -0.109. The van der Waals surface area contributed by atoms with E-state index >= 15 is 0 Å². The molecule has 1 aliphatic rings. The topological polar surface area (TPSA) is 81.3 Å². The second-order valence-corrected chi connectivity index (χ2v) is 9.90. The van der Waals surface area contributed by atoms with E-state index in [-0.39, 0.29) is 11.5 Å². The summed E-state index contributed by atoms with van der Waals surface area (Å²) in [5.74, 6) is 0.589. The maximum absolute atomic E-state index is 12.3. The van der Waals surface area contributed by atoms with Crippen LogP contribution in [0.3, 0.4) is 0 Å². The number of thiophene rings is 1. The van der Waals surface area contributed by atoms with E-state index in [2.05, 4.69) is 55.4 Å². The van der Waals surface area contributed by atoms with Gasteiger partial charge in [-0.05, 0) is 50.9 Å². The van der Waals surface area contributed by atoms with Crippen molar-refractivity contribution in [2.45, 2.75) is 39.5 Å². The molecule has 1 saturated heterocycles. The van der Waals surface area contributed by atoms with Crippen molar-refractivity contribution >= 4 is 33.1 Å². The second kappa shape index (κ2) is 10.9. The van der Waals surface area contributed by atoms with E-state index in [0.717, 1.165) is 60.8 Å². The van der Waals surface area contributed by atoms with Gasteiger partial charge in [-0.15, -0.1) is 11.3 Å². The molecule has 0 spiro atoms. The third-order valence-electron chi connectivity index (χ3n) is 6.39. The van der Waals surface area contributed by atoms with Crippen molar-refractivity contribution in [2.24, 2.45) is 0 Å². The van der Waals surface area contributed by atoms with E-state index in [1.807, 2.05) is 13.8 Å². The molecular weight excluding hydrogens is 434 g/mol. The number of nitrogens with zero attached hydrogens (tertiary/aromatic N) is 3. The molecule has 0 atom stereocenters. The molecule has 3 aromatic rings. The Kier molecular flexibility index (Phi) is 7.77. The summed E-state index contributed by atoms with van der Waals surface area (Å²) < 4.78 is 0. The van der Waals surface area contributed by atoms with Gasteiger partial charge in [0.1, 0.15) is 10.7 Å². The number of aromatic nitrogens is 2. The molecule has 2 aromatic heterocycles. The van der Waals surface area contributed by atoms with Crippen LogP contribution in [0.2, 0.25) is 0 Å². The zero-order valence-corrected chi connectivity index (χ0v) is 20.3. The summed E-state index contributed by atoms with van der Waals surface area (Å²) in [7, 11) is 0. The predicted molar refractivity (Wildman–Crippen MR) is 135 cm³/mol. The number of fused-ring (bicyclic) bond motifs is 1. The molecule has 3 heterocycles. The van der Waals surface area contributed by atoms with E-state index in [0.29, 0.717) is 30.6 Å². The molecule has 2 N–H and O–H groups in total. The van der Waals surface area contributed by atoms with Crippen LogP contribution in [0.4, 0.5) is 5.69 Å². The lowest BCUT2D eigenvalue weighted by molar-refractivity contribution is -0.121. The first kappa shape index (κ1) is 23.4. The fraction of sp³-hybridized carbons (Fsp3) is 0.480. The highest BCUT2D eigenvalue weighted by Gasteiger charge is 2.16. The molecular formula is C25H33N5O2S.